The minimum Gasteiger partial charge on any atom is -0.478 e. The lowest BCUT2D eigenvalue weighted by Crippen LogP contribution is -2.44. The summed E-state index contributed by atoms with van der Waals surface area (Å²) in [5.41, 5.74) is 5.64. The fourth-order valence-electron chi connectivity index (χ4n) is 3.36. The van der Waals surface area contributed by atoms with Crippen molar-refractivity contribution in [3.8, 4) is 0 Å². The number of urea groups is 1. The van der Waals surface area contributed by atoms with Crippen molar-refractivity contribution in [2.75, 3.05) is 33.2 Å². The van der Waals surface area contributed by atoms with Crippen LogP contribution in [0.3, 0.4) is 0 Å². The number of piperidine rings is 1. The van der Waals surface area contributed by atoms with Gasteiger partial charge in [0.05, 0.1) is 0 Å². The Hall–Kier alpha value is -5.12. The van der Waals surface area contributed by atoms with Crippen LogP contribution < -0.4 is 16.4 Å². The summed E-state index contributed by atoms with van der Waals surface area (Å²) >= 11 is 0. The average molecular weight is 596 g/mol. The molecule has 0 atom stereocenters. The Morgan fingerprint density at radius 3 is 1.74 bits per heavy atom. The number of nitrogens with zero attached hydrogens (tertiary/aromatic N) is 2. The van der Waals surface area contributed by atoms with Gasteiger partial charge in [-0.05, 0) is 63.2 Å². The summed E-state index contributed by atoms with van der Waals surface area (Å²) in [6.45, 7) is 3.30. The maximum absolute atomic E-state index is 13.0. The summed E-state index contributed by atoms with van der Waals surface area (Å²) in [5.74, 6) is -4.88. The number of carboxylic acid groups (broad SMARTS) is 4. The summed E-state index contributed by atoms with van der Waals surface area (Å²) in [6, 6.07) is 5.13. The molecule has 1 aromatic carbocycles. The number of aliphatic carboxylic acids is 4. The third-order valence-electron chi connectivity index (χ3n) is 5.23. The molecule has 1 aromatic rings. The molecule has 1 fully saturated rings. The molecule has 1 aliphatic heterocycles. The van der Waals surface area contributed by atoms with Crippen LogP contribution in [0.2, 0.25) is 0 Å². The molecule has 8 N–H and O–H groups in total. The number of benzene rings is 1. The molecule has 2 amide bonds. The molecule has 0 saturated carbocycles. The number of carbonyl (C=O) groups is 6. The second-order valence-electron chi connectivity index (χ2n) is 8.35. The summed E-state index contributed by atoms with van der Waals surface area (Å²) in [4.78, 5) is 67.7. The van der Waals surface area contributed by atoms with Crippen LogP contribution in [-0.2, 0) is 19.2 Å². The Bertz CT molecular complexity index is 1090. The smallest absolute Gasteiger partial charge is 0.328 e. The van der Waals surface area contributed by atoms with Crippen molar-refractivity contribution in [3.05, 3.63) is 60.0 Å². The number of amides is 2. The highest BCUT2D eigenvalue weighted by Gasteiger charge is 2.25. The van der Waals surface area contributed by atoms with Crippen molar-refractivity contribution in [2.45, 2.75) is 19.3 Å². The SMILES string of the molecule is CN=C(NCCCN1CCC(C(=O)c2ccc(F)cc2)CC1)NC(N)=O.O=C(O)/C=C\C(=O)O.O=C(O)/C=C\C(=O)O. The molecule has 2 rings (SSSR count). The van der Waals surface area contributed by atoms with Crippen LogP contribution in [0.15, 0.2) is 53.6 Å². The number of Topliss-reactive ketones (excluding diaryl/α,β-unsaturated/α-hetero) is 1. The van der Waals surface area contributed by atoms with Gasteiger partial charge in [0.15, 0.2) is 11.7 Å². The topological polar surface area (TPSA) is 249 Å². The van der Waals surface area contributed by atoms with E-state index in [-0.39, 0.29) is 17.5 Å². The van der Waals surface area contributed by atoms with Gasteiger partial charge in [0.2, 0.25) is 0 Å². The summed E-state index contributed by atoms with van der Waals surface area (Å²) in [6.07, 6.45) is 4.74. The van der Waals surface area contributed by atoms with E-state index in [9.17, 15) is 33.2 Å². The van der Waals surface area contributed by atoms with Crippen molar-refractivity contribution in [1.82, 2.24) is 15.5 Å². The first-order valence-electron chi connectivity index (χ1n) is 12.3. The van der Waals surface area contributed by atoms with E-state index in [2.05, 4.69) is 20.5 Å². The van der Waals surface area contributed by atoms with E-state index in [4.69, 9.17) is 26.2 Å². The van der Waals surface area contributed by atoms with E-state index < -0.39 is 29.9 Å². The van der Waals surface area contributed by atoms with Crippen LogP contribution in [0.25, 0.3) is 0 Å². The molecular formula is C26H34FN5O10. The standard InChI is InChI=1S/C18H26FN5O2.2C4H4O4/c1-21-18(23-17(20)26)22-9-2-10-24-11-7-14(8-12-24)16(25)13-3-5-15(19)6-4-13;2*5-3(6)1-2-4(7)8/h3-6,14H,2,7-12H2,1H3,(H4,20,21,22,23,26);2*1-2H,(H,5,6)(H,7,8)/b;2*2-1-. The van der Waals surface area contributed by atoms with E-state index in [1.165, 1.54) is 12.1 Å². The average Bonchev–Trinajstić information content (AvgIpc) is 2.93. The number of nitrogens with two attached hydrogens (primary N) is 1. The zero-order chi connectivity index (χ0) is 32.1. The molecule has 1 saturated heterocycles. The Morgan fingerprint density at radius 1 is 0.905 bits per heavy atom. The Morgan fingerprint density at radius 2 is 1.36 bits per heavy atom. The van der Waals surface area contributed by atoms with Gasteiger partial charge in [0, 0.05) is 49.4 Å². The largest absolute Gasteiger partial charge is 0.478 e. The van der Waals surface area contributed by atoms with Gasteiger partial charge in [-0.2, -0.15) is 0 Å². The number of likely N-dealkylation sites (tertiary alicyclic amines) is 1. The van der Waals surface area contributed by atoms with E-state index in [1.807, 2.05) is 0 Å². The van der Waals surface area contributed by atoms with Crippen LogP contribution in [0.4, 0.5) is 9.18 Å². The number of hydrogen-bond acceptors (Lipinski definition) is 8. The van der Waals surface area contributed by atoms with Crippen molar-refractivity contribution in [1.29, 1.82) is 0 Å². The lowest BCUT2D eigenvalue weighted by molar-refractivity contribution is -0.134. The quantitative estimate of drug-likeness (QED) is 0.0652. The van der Waals surface area contributed by atoms with E-state index in [0.717, 1.165) is 38.9 Å². The van der Waals surface area contributed by atoms with Crippen LogP contribution in [-0.4, -0.2) is 100 Å². The number of primary amides is 1. The molecule has 42 heavy (non-hydrogen) atoms. The molecule has 16 heteroatoms. The summed E-state index contributed by atoms with van der Waals surface area (Å²) < 4.78 is 13.0. The predicted octanol–water partition coefficient (Wildman–Crippen LogP) is 0.778. The van der Waals surface area contributed by atoms with Gasteiger partial charge in [-0.15, -0.1) is 0 Å². The third-order valence-corrected chi connectivity index (χ3v) is 5.23. The Kier molecular flexibility index (Phi) is 18.2. The zero-order valence-electron chi connectivity index (χ0n) is 22.7. The number of halogens is 1. The molecule has 0 aliphatic carbocycles. The van der Waals surface area contributed by atoms with Crippen LogP contribution >= 0.6 is 0 Å². The van der Waals surface area contributed by atoms with Crippen LogP contribution in [0.1, 0.15) is 29.6 Å². The fourth-order valence-corrected chi connectivity index (χ4v) is 3.36. The van der Waals surface area contributed by atoms with Crippen molar-refractivity contribution in [3.63, 3.8) is 0 Å². The van der Waals surface area contributed by atoms with E-state index in [1.54, 1.807) is 19.2 Å². The lowest BCUT2D eigenvalue weighted by atomic mass is 9.89. The van der Waals surface area contributed by atoms with Gasteiger partial charge in [-0.1, -0.05) is 0 Å². The number of ketones is 1. The molecule has 1 aliphatic rings. The Balaban J connectivity index is 0.000000861. The first kappa shape index (κ1) is 36.9. The number of nitrogens with one attached hydrogen (secondary N) is 2. The van der Waals surface area contributed by atoms with Gasteiger partial charge in [-0.3, -0.25) is 15.1 Å². The molecule has 15 nitrogen and oxygen atoms in total. The Labute approximate surface area is 240 Å². The molecule has 0 radical (unpaired) electrons. The third kappa shape index (κ3) is 19.0. The minimum absolute atomic E-state index is 0.00781. The predicted molar refractivity (Wildman–Crippen MR) is 147 cm³/mol. The van der Waals surface area contributed by atoms with Crippen molar-refractivity contribution in [2.24, 2.45) is 16.6 Å². The zero-order valence-corrected chi connectivity index (χ0v) is 22.7. The van der Waals surface area contributed by atoms with Gasteiger partial charge >= 0.3 is 29.9 Å². The van der Waals surface area contributed by atoms with Gasteiger partial charge in [-0.25, -0.2) is 28.4 Å². The van der Waals surface area contributed by atoms with Crippen LogP contribution in [0.5, 0.6) is 0 Å². The second-order valence-corrected chi connectivity index (χ2v) is 8.35. The first-order valence-corrected chi connectivity index (χ1v) is 12.3. The van der Waals surface area contributed by atoms with E-state index >= 15 is 0 Å². The second kappa shape index (κ2) is 20.7. The fraction of sp³-hybridized carbons (Fsp3) is 0.346. The molecule has 0 aromatic heterocycles. The molecule has 1 heterocycles. The van der Waals surface area contributed by atoms with E-state index in [0.29, 0.717) is 42.4 Å². The normalized spacial score (nSPS) is 13.7. The number of hydrogen-bond donors (Lipinski definition) is 7. The van der Waals surface area contributed by atoms with Gasteiger partial charge in [0.25, 0.3) is 0 Å². The van der Waals surface area contributed by atoms with Crippen molar-refractivity contribution < 1.29 is 53.6 Å². The maximum Gasteiger partial charge on any atom is 0.328 e. The van der Waals surface area contributed by atoms with Crippen LogP contribution in [0, 0.1) is 11.7 Å². The number of rotatable bonds is 10. The summed E-state index contributed by atoms with van der Waals surface area (Å²) in [5, 5.41) is 36.7. The summed E-state index contributed by atoms with van der Waals surface area (Å²) in [7, 11) is 1.57. The molecule has 0 bridgehead atoms. The maximum atomic E-state index is 13.0. The first-order chi connectivity index (χ1) is 19.7. The molecular weight excluding hydrogens is 561 g/mol. The molecule has 0 spiro atoms. The number of guanidine groups is 1. The van der Waals surface area contributed by atoms with Crippen molar-refractivity contribution >= 4 is 41.7 Å². The highest BCUT2D eigenvalue weighted by atomic mass is 19.1. The van der Waals surface area contributed by atoms with Gasteiger partial charge < -0.3 is 36.4 Å². The number of aliphatic imine (C=N–C) groups is 1. The minimum atomic E-state index is -1.26. The number of carboxylic acids is 4. The molecule has 0 unspecified atom stereocenters. The monoisotopic (exact) mass is 595 g/mol. The molecule has 230 valence electrons. The highest BCUT2D eigenvalue weighted by molar-refractivity contribution is 5.98. The lowest BCUT2D eigenvalue weighted by Gasteiger charge is -2.31. The highest BCUT2D eigenvalue weighted by Crippen LogP contribution is 2.22. The van der Waals surface area contributed by atoms with Gasteiger partial charge in [0.1, 0.15) is 5.82 Å². The number of carbonyl (C=O) groups excluding carboxylic acids is 2.